The molecule has 26 heavy (non-hydrogen) atoms. The van der Waals surface area contributed by atoms with Crippen LogP contribution in [-0.4, -0.2) is 81.4 Å². The minimum absolute atomic E-state index is 4.88. The summed E-state index contributed by atoms with van der Waals surface area (Å²) < 4.78 is 192. The van der Waals surface area contributed by atoms with Gasteiger partial charge in [-0.2, -0.15) is 0 Å². The molecule has 0 N–H and O–H groups in total. The summed E-state index contributed by atoms with van der Waals surface area (Å²) in [7, 11) is 0. The van der Waals surface area contributed by atoms with Crippen LogP contribution >= 0.6 is 0 Å². The van der Waals surface area contributed by atoms with Crippen molar-refractivity contribution in [2.24, 2.45) is 0 Å². The Bertz CT molecular complexity index is 504. The van der Waals surface area contributed by atoms with E-state index in [4.69, 9.17) is 0 Å². The summed E-state index contributed by atoms with van der Waals surface area (Å²) >= 11 is -9.76. The molecule has 0 unspecified atom stereocenters. The molecule has 0 amide bonds. The number of hydrogen-bond acceptors (Lipinski definition) is 0. The molecule has 156 valence electrons. The minimum atomic E-state index is -7.19. The van der Waals surface area contributed by atoms with E-state index in [1.165, 1.54) is 0 Å². The Labute approximate surface area is 151 Å². The fourth-order valence-corrected chi connectivity index (χ4v) is 13.4. The second-order valence-corrected chi connectivity index (χ2v) is 17.2. The number of hydrogen-bond donors (Lipinski definition) is 0. The van der Waals surface area contributed by atoms with E-state index in [9.17, 15) is 70.2 Å². The summed E-state index contributed by atoms with van der Waals surface area (Å²) in [4.78, 5) is 0. The summed E-state index contributed by atoms with van der Waals surface area (Å²) in [6.45, 7) is 0. The van der Waals surface area contributed by atoms with Crippen LogP contribution in [0.2, 0.25) is 0 Å². The van der Waals surface area contributed by atoms with E-state index in [1.807, 2.05) is 0 Å². The third-order valence-corrected chi connectivity index (χ3v) is 15.1. The molecule has 0 saturated carbocycles. The van der Waals surface area contributed by atoms with Crippen LogP contribution in [0, 0.1) is 0 Å². The van der Waals surface area contributed by atoms with Crippen LogP contribution in [0.4, 0.5) is 70.2 Å². The predicted octanol–water partition coefficient (Wildman–Crippen LogP) is 4.32. The molecule has 0 aromatic rings. The van der Waals surface area contributed by atoms with Gasteiger partial charge in [0.2, 0.25) is 0 Å². The van der Waals surface area contributed by atoms with Crippen LogP contribution in [0.25, 0.3) is 0 Å². The van der Waals surface area contributed by atoms with Crippen molar-refractivity contribution in [3.05, 3.63) is 0 Å². The molecule has 1 saturated heterocycles. The molecular formula is C8F16Te2. The van der Waals surface area contributed by atoms with Crippen molar-refractivity contribution in [3.8, 4) is 0 Å². The van der Waals surface area contributed by atoms with Gasteiger partial charge in [-0.25, -0.2) is 0 Å². The van der Waals surface area contributed by atoms with Crippen molar-refractivity contribution in [2.75, 3.05) is 0 Å². The van der Waals surface area contributed by atoms with Crippen LogP contribution < -0.4 is 0 Å². The summed E-state index contributed by atoms with van der Waals surface area (Å²) in [5.74, 6) is -28.0. The van der Waals surface area contributed by atoms with Gasteiger partial charge in [0.15, 0.2) is 0 Å². The van der Waals surface area contributed by atoms with Crippen molar-refractivity contribution in [1.82, 2.24) is 0 Å². The van der Waals surface area contributed by atoms with Gasteiger partial charge < -0.3 is 0 Å². The van der Waals surface area contributed by atoms with Gasteiger partial charge >= 0.3 is 152 Å². The molecule has 1 fully saturated rings. The molecule has 0 aliphatic carbocycles. The fraction of sp³-hybridized carbons (Fsp3) is 1.00. The molecule has 1 heterocycles. The second-order valence-electron chi connectivity index (χ2n) is 4.57. The van der Waals surface area contributed by atoms with Gasteiger partial charge in [0.05, 0.1) is 0 Å². The Morgan fingerprint density at radius 1 is 0.423 bits per heavy atom. The molecule has 0 nitrogen and oxygen atoms in total. The van der Waals surface area contributed by atoms with E-state index in [1.54, 1.807) is 0 Å². The second kappa shape index (κ2) is 5.98. The number of alkyl halides is 16. The SMILES string of the molecule is FC(F)(F)C(F)(F)C(F)(F)C1(F)[Te]C(F)(C(F)(F)C(F)(F)C(F)(F)F)[Te]1. The zero-order chi connectivity index (χ0) is 21.4. The van der Waals surface area contributed by atoms with Crippen molar-refractivity contribution < 1.29 is 70.2 Å². The molecular weight excluding hydrogens is 655 g/mol. The number of halogens is 16. The fourth-order valence-electron chi connectivity index (χ4n) is 1.33. The molecule has 0 aromatic carbocycles. The summed E-state index contributed by atoms with van der Waals surface area (Å²) in [6, 6.07) is 0. The first kappa shape index (κ1) is 24.5. The van der Waals surface area contributed by atoms with Gasteiger partial charge in [-0.05, 0) is 0 Å². The molecule has 0 atom stereocenters. The molecule has 1 aliphatic rings. The molecule has 0 spiro atoms. The van der Waals surface area contributed by atoms with Crippen molar-refractivity contribution >= 4 is 41.8 Å². The Morgan fingerprint density at radius 2 is 0.615 bits per heavy atom. The van der Waals surface area contributed by atoms with Crippen molar-refractivity contribution in [3.63, 3.8) is 0 Å². The van der Waals surface area contributed by atoms with Gasteiger partial charge in [-0.15, -0.1) is 0 Å². The van der Waals surface area contributed by atoms with E-state index >= 15 is 0 Å². The van der Waals surface area contributed by atoms with Crippen molar-refractivity contribution in [1.29, 1.82) is 0 Å². The van der Waals surface area contributed by atoms with Crippen molar-refractivity contribution in [2.45, 2.75) is 39.6 Å². The predicted molar refractivity (Wildman–Crippen MR) is 51.1 cm³/mol. The quantitative estimate of drug-likeness (QED) is 0.313. The monoisotopic (exact) mass is 660 g/mol. The zero-order valence-electron chi connectivity index (χ0n) is 10.9. The first-order chi connectivity index (χ1) is 10.9. The van der Waals surface area contributed by atoms with Gasteiger partial charge in [0.1, 0.15) is 0 Å². The van der Waals surface area contributed by atoms with E-state index in [0.717, 1.165) is 0 Å². The first-order valence-corrected chi connectivity index (χ1v) is 10.0. The van der Waals surface area contributed by atoms with Gasteiger partial charge in [0, 0.05) is 0 Å². The Hall–Kier alpha value is 0.459. The van der Waals surface area contributed by atoms with Crippen LogP contribution in [-0.2, 0) is 0 Å². The Balaban J connectivity index is 3.26. The van der Waals surface area contributed by atoms with Crippen LogP contribution in [0.3, 0.4) is 0 Å². The summed E-state index contributed by atoms with van der Waals surface area (Å²) in [5, 5.41) is 0. The van der Waals surface area contributed by atoms with E-state index in [-0.39, 0.29) is 0 Å². The number of rotatable bonds is 4. The van der Waals surface area contributed by atoms with Gasteiger partial charge in [-0.3, -0.25) is 0 Å². The zero-order valence-corrected chi connectivity index (χ0v) is 15.5. The molecule has 0 radical (unpaired) electrons. The van der Waals surface area contributed by atoms with E-state index in [0.29, 0.717) is 0 Å². The van der Waals surface area contributed by atoms with Gasteiger partial charge in [0.25, 0.3) is 0 Å². The molecule has 1 aliphatic heterocycles. The molecule has 0 aromatic heterocycles. The Morgan fingerprint density at radius 3 is 0.769 bits per heavy atom. The van der Waals surface area contributed by atoms with Gasteiger partial charge in [-0.1, -0.05) is 0 Å². The summed E-state index contributed by atoms with van der Waals surface area (Å²) in [6.07, 6.45) is -14.2. The van der Waals surface area contributed by atoms with E-state index < -0.39 is 81.4 Å². The topological polar surface area (TPSA) is 0 Å². The average Bonchev–Trinajstić information content (AvgIpc) is 2.33. The van der Waals surface area contributed by atoms with Crippen LogP contribution in [0.1, 0.15) is 0 Å². The maximum absolute atomic E-state index is 13.7. The average molecular weight is 655 g/mol. The Kier molecular flexibility index (Phi) is 5.64. The van der Waals surface area contributed by atoms with E-state index in [2.05, 4.69) is 0 Å². The van der Waals surface area contributed by atoms with Crippen LogP contribution in [0.5, 0.6) is 0 Å². The van der Waals surface area contributed by atoms with Crippen LogP contribution in [0.15, 0.2) is 0 Å². The third-order valence-electron chi connectivity index (χ3n) is 2.78. The molecule has 0 bridgehead atoms. The normalized spacial score (nSPS) is 29.5. The third kappa shape index (κ3) is 3.05. The summed E-state index contributed by atoms with van der Waals surface area (Å²) in [5.41, 5.74) is 0. The molecule has 18 heteroatoms. The molecule has 1 rings (SSSR count). The maximum atomic E-state index is 13.7. The first-order valence-electron chi connectivity index (χ1n) is 5.34. The standard InChI is InChI=1S/C8F16Te2/c9-1(10,5(17,18)19)3(13,14)7(23)25-8(24,26-7)4(15,16)2(11,12)6(20,21)22.